The van der Waals surface area contributed by atoms with Gasteiger partial charge < -0.3 is 14.7 Å². The van der Waals surface area contributed by atoms with Gasteiger partial charge >= 0.3 is 11.9 Å². The Bertz CT molecular complexity index is 499. The Hall–Kier alpha value is -1.92. The van der Waals surface area contributed by atoms with Crippen LogP contribution in [0, 0.1) is 5.92 Å². The Morgan fingerprint density at radius 3 is 2.57 bits per heavy atom. The molecule has 2 aliphatic rings. The molecule has 1 atom stereocenters. The van der Waals surface area contributed by atoms with Crippen LogP contribution in [0.15, 0.2) is 4.99 Å². The van der Waals surface area contributed by atoms with Gasteiger partial charge in [0.25, 0.3) is 0 Å². The lowest BCUT2D eigenvalue weighted by Crippen LogP contribution is -2.58. The zero-order valence-corrected chi connectivity index (χ0v) is 13.5. The Morgan fingerprint density at radius 2 is 1.96 bits per heavy atom. The van der Waals surface area contributed by atoms with E-state index in [0.29, 0.717) is 19.4 Å². The maximum atomic E-state index is 12.5. The summed E-state index contributed by atoms with van der Waals surface area (Å²) in [5.41, 5.74) is -1.10. The van der Waals surface area contributed by atoms with Gasteiger partial charge in [-0.15, -0.1) is 0 Å². The summed E-state index contributed by atoms with van der Waals surface area (Å²) in [6.07, 6.45) is 7.00. The van der Waals surface area contributed by atoms with Gasteiger partial charge in [-0.25, -0.2) is 9.59 Å². The number of nitrogens with zero attached hydrogens (tertiary/aromatic N) is 2. The number of carbonyl (C=O) groups excluding carboxylic acids is 2. The molecule has 1 aliphatic heterocycles. The summed E-state index contributed by atoms with van der Waals surface area (Å²) < 4.78 is 4.42. The van der Waals surface area contributed by atoms with E-state index in [1.54, 1.807) is 0 Å². The fourth-order valence-electron chi connectivity index (χ4n) is 3.93. The van der Waals surface area contributed by atoms with Crippen molar-refractivity contribution in [3.05, 3.63) is 0 Å². The van der Waals surface area contributed by atoms with Crippen LogP contribution in [0.5, 0.6) is 0 Å². The topological polar surface area (TPSA) is 96.3 Å². The SMILES string of the molecule is COC(=O)C=NCC(=O)N1CCC[C@]1(C(=O)O)C1CCCCC1. The Morgan fingerprint density at radius 1 is 1.26 bits per heavy atom. The van der Waals surface area contributed by atoms with Crippen molar-refractivity contribution in [2.75, 3.05) is 20.2 Å². The molecule has 0 spiro atoms. The highest BCUT2D eigenvalue weighted by Crippen LogP contribution is 2.43. The Balaban J connectivity index is 2.14. The normalized spacial score (nSPS) is 25.7. The molecular formula is C16H24N2O5. The first-order valence-electron chi connectivity index (χ1n) is 8.14. The number of likely N-dealkylation sites (tertiary alicyclic amines) is 1. The molecule has 1 N–H and O–H groups in total. The maximum Gasteiger partial charge on any atom is 0.348 e. The lowest BCUT2D eigenvalue weighted by atomic mass is 9.73. The highest BCUT2D eigenvalue weighted by atomic mass is 16.5. The molecule has 1 amide bonds. The van der Waals surface area contributed by atoms with E-state index in [1.807, 2.05) is 0 Å². The summed E-state index contributed by atoms with van der Waals surface area (Å²) in [4.78, 5) is 40.8. The van der Waals surface area contributed by atoms with Gasteiger partial charge in [-0.2, -0.15) is 0 Å². The van der Waals surface area contributed by atoms with Gasteiger partial charge in [-0.1, -0.05) is 19.3 Å². The second-order valence-electron chi connectivity index (χ2n) is 6.21. The smallest absolute Gasteiger partial charge is 0.348 e. The number of carbonyl (C=O) groups is 3. The fourth-order valence-corrected chi connectivity index (χ4v) is 3.93. The number of esters is 1. The minimum absolute atomic E-state index is 0.00443. The summed E-state index contributed by atoms with van der Waals surface area (Å²) in [5, 5.41) is 9.88. The van der Waals surface area contributed by atoms with Crippen molar-refractivity contribution in [3.8, 4) is 0 Å². The van der Waals surface area contributed by atoms with E-state index < -0.39 is 17.5 Å². The van der Waals surface area contributed by atoms with Gasteiger partial charge in [0, 0.05) is 6.54 Å². The number of hydrogen-bond donors (Lipinski definition) is 1. The quantitative estimate of drug-likeness (QED) is 0.606. The van der Waals surface area contributed by atoms with Crippen LogP contribution in [0.4, 0.5) is 0 Å². The maximum absolute atomic E-state index is 12.5. The molecule has 0 aromatic carbocycles. The molecule has 0 aromatic rings. The van der Waals surface area contributed by atoms with Gasteiger partial charge in [0.05, 0.1) is 7.11 Å². The Kier molecular flexibility index (Phi) is 5.74. The average Bonchev–Trinajstić information content (AvgIpc) is 3.01. The first-order valence-corrected chi connectivity index (χ1v) is 8.14. The van der Waals surface area contributed by atoms with Gasteiger partial charge in [-0.05, 0) is 31.6 Å². The number of amides is 1. The molecule has 0 bridgehead atoms. The van der Waals surface area contributed by atoms with Crippen molar-refractivity contribution >= 4 is 24.1 Å². The Labute approximate surface area is 135 Å². The molecule has 0 unspecified atom stereocenters. The molecule has 2 rings (SSSR count). The van der Waals surface area contributed by atoms with Crippen molar-refractivity contribution in [1.82, 2.24) is 4.90 Å². The molecule has 1 heterocycles. The van der Waals surface area contributed by atoms with E-state index in [0.717, 1.165) is 38.3 Å². The van der Waals surface area contributed by atoms with Crippen molar-refractivity contribution in [1.29, 1.82) is 0 Å². The number of ether oxygens (including phenoxy) is 1. The molecule has 2 fully saturated rings. The molecule has 0 aromatic heterocycles. The molecule has 1 saturated heterocycles. The first kappa shape index (κ1) is 17.4. The summed E-state index contributed by atoms with van der Waals surface area (Å²) in [7, 11) is 1.23. The predicted molar refractivity (Wildman–Crippen MR) is 83.3 cm³/mol. The molecule has 128 valence electrons. The molecular weight excluding hydrogens is 300 g/mol. The monoisotopic (exact) mass is 324 g/mol. The highest BCUT2D eigenvalue weighted by Gasteiger charge is 2.54. The number of aliphatic imine (C=N–C) groups is 1. The zero-order chi connectivity index (χ0) is 16.9. The minimum Gasteiger partial charge on any atom is -0.479 e. The number of rotatable bonds is 5. The number of carboxylic acids is 1. The van der Waals surface area contributed by atoms with Crippen LogP contribution in [0.1, 0.15) is 44.9 Å². The van der Waals surface area contributed by atoms with E-state index in [1.165, 1.54) is 12.0 Å². The number of aliphatic carboxylic acids is 1. The van der Waals surface area contributed by atoms with Crippen LogP contribution in [0.2, 0.25) is 0 Å². The second kappa shape index (κ2) is 7.57. The van der Waals surface area contributed by atoms with Crippen LogP contribution in [-0.2, 0) is 19.1 Å². The van der Waals surface area contributed by atoms with Crippen LogP contribution < -0.4 is 0 Å². The third kappa shape index (κ3) is 3.54. The van der Waals surface area contributed by atoms with Crippen LogP contribution in [0.25, 0.3) is 0 Å². The molecule has 1 saturated carbocycles. The van der Waals surface area contributed by atoms with Crippen molar-refractivity contribution < 1.29 is 24.2 Å². The van der Waals surface area contributed by atoms with Crippen molar-refractivity contribution in [3.63, 3.8) is 0 Å². The second-order valence-corrected chi connectivity index (χ2v) is 6.21. The van der Waals surface area contributed by atoms with Gasteiger partial charge in [0.1, 0.15) is 18.3 Å². The van der Waals surface area contributed by atoms with Crippen LogP contribution >= 0.6 is 0 Å². The van der Waals surface area contributed by atoms with Gasteiger partial charge in [-0.3, -0.25) is 9.79 Å². The average molecular weight is 324 g/mol. The zero-order valence-electron chi connectivity index (χ0n) is 13.5. The number of methoxy groups -OCH3 is 1. The summed E-state index contributed by atoms with van der Waals surface area (Å²) in [5.74, 6) is -1.87. The van der Waals surface area contributed by atoms with E-state index in [2.05, 4.69) is 9.73 Å². The third-order valence-electron chi connectivity index (χ3n) is 5.00. The lowest BCUT2D eigenvalue weighted by Gasteiger charge is -2.42. The molecule has 7 heteroatoms. The third-order valence-corrected chi connectivity index (χ3v) is 5.00. The molecule has 1 aliphatic carbocycles. The van der Waals surface area contributed by atoms with Crippen molar-refractivity contribution in [2.24, 2.45) is 10.9 Å². The summed E-state index contributed by atoms with van der Waals surface area (Å²) in [6.45, 7) is 0.215. The summed E-state index contributed by atoms with van der Waals surface area (Å²) >= 11 is 0. The number of carboxylic acid groups (broad SMARTS) is 1. The van der Waals surface area contributed by atoms with Gasteiger partial charge in [0.15, 0.2) is 0 Å². The standard InChI is InChI=1S/C16H24N2O5/c1-23-14(20)11-17-10-13(19)18-9-5-8-16(18,15(21)22)12-6-3-2-4-7-12/h11-12H,2-10H2,1H3,(H,21,22)/t16-/m1/s1. The van der Waals surface area contributed by atoms with Gasteiger partial charge in [0.2, 0.25) is 5.91 Å². The van der Waals surface area contributed by atoms with Crippen molar-refractivity contribution in [2.45, 2.75) is 50.5 Å². The van der Waals surface area contributed by atoms with E-state index in [4.69, 9.17) is 0 Å². The highest BCUT2D eigenvalue weighted by molar-refractivity contribution is 6.23. The molecule has 7 nitrogen and oxygen atoms in total. The molecule has 0 radical (unpaired) electrons. The van der Waals surface area contributed by atoms with E-state index in [9.17, 15) is 19.5 Å². The lowest BCUT2D eigenvalue weighted by molar-refractivity contribution is -0.161. The fraction of sp³-hybridized carbons (Fsp3) is 0.750. The predicted octanol–water partition coefficient (Wildman–Crippen LogP) is 1.26. The van der Waals surface area contributed by atoms with E-state index in [-0.39, 0.29) is 18.4 Å². The van der Waals surface area contributed by atoms with Crippen LogP contribution in [0.3, 0.4) is 0 Å². The van der Waals surface area contributed by atoms with E-state index >= 15 is 0 Å². The largest absolute Gasteiger partial charge is 0.479 e. The molecule has 23 heavy (non-hydrogen) atoms. The minimum atomic E-state index is -1.10. The first-order chi connectivity index (χ1) is 11.0. The van der Waals surface area contributed by atoms with Crippen LogP contribution in [-0.4, -0.2) is 59.8 Å². The summed E-state index contributed by atoms with van der Waals surface area (Å²) in [6, 6.07) is 0. The number of hydrogen-bond acceptors (Lipinski definition) is 5.